The largest absolute Gasteiger partial charge is 0.493 e. The maximum atomic E-state index is 13.5. The summed E-state index contributed by atoms with van der Waals surface area (Å²) in [6.07, 6.45) is -3.24. The van der Waals surface area contributed by atoms with E-state index in [0.717, 1.165) is 22.0 Å². The van der Waals surface area contributed by atoms with Crippen molar-refractivity contribution in [3.05, 3.63) is 101 Å². The second-order valence-electron chi connectivity index (χ2n) is 10.4. The number of carboxylic acids is 1. The number of hydrogen-bond donors (Lipinski definition) is 2. The standard InChI is InChI=1S/C31H30F3N3O6S/c1-20-26(36-30(43-20)23-9-12-24(13-10-23)31(32,33)34)15-16-42-25-7-4-5-21(17-25)18-37(19-29(38)39)44(40,41)28-14-11-22-6-2-3-8-27(22)35-28/h2-10,12-13,17,28,35H,11,14-16,18-19H2,1H3,(H,38,39). The van der Waals surface area contributed by atoms with Crippen LogP contribution in [0.25, 0.3) is 11.5 Å². The maximum absolute atomic E-state index is 13.5. The van der Waals surface area contributed by atoms with Crippen molar-refractivity contribution in [1.82, 2.24) is 9.29 Å². The third-order valence-corrected chi connectivity index (χ3v) is 9.31. The Morgan fingerprint density at radius 3 is 2.59 bits per heavy atom. The molecule has 9 nitrogen and oxygen atoms in total. The lowest BCUT2D eigenvalue weighted by Gasteiger charge is -2.31. The van der Waals surface area contributed by atoms with Gasteiger partial charge in [0.1, 0.15) is 23.4 Å². The van der Waals surface area contributed by atoms with Gasteiger partial charge in [0.15, 0.2) is 0 Å². The Morgan fingerprint density at radius 1 is 1.11 bits per heavy atom. The maximum Gasteiger partial charge on any atom is 0.416 e. The Bertz CT molecular complexity index is 1740. The number of carbonyl (C=O) groups is 1. The summed E-state index contributed by atoms with van der Waals surface area (Å²) in [5, 5.41) is 11.6. The fourth-order valence-electron chi connectivity index (χ4n) is 4.99. The number of anilines is 1. The number of aromatic nitrogens is 1. The topological polar surface area (TPSA) is 122 Å². The number of carboxylic acid groups (broad SMARTS) is 1. The fraction of sp³-hybridized carbons (Fsp3) is 0.290. The molecule has 1 aliphatic rings. The van der Waals surface area contributed by atoms with Crippen molar-refractivity contribution in [1.29, 1.82) is 0 Å². The van der Waals surface area contributed by atoms with E-state index in [0.29, 0.717) is 53.3 Å². The molecule has 3 aromatic carbocycles. The quantitative estimate of drug-likeness (QED) is 0.211. The Kier molecular flexibility index (Phi) is 8.97. The molecule has 1 aromatic heterocycles. The number of nitrogens with one attached hydrogen (secondary N) is 1. The highest BCUT2D eigenvalue weighted by Gasteiger charge is 2.35. The van der Waals surface area contributed by atoms with Crippen LogP contribution in [0.4, 0.5) is 18.9 Å². The zero-order valence-corrected chi connectivity index (χ0v) is 24.5. The number of para-hydroxylation sites is 1. The molecule has 0 aliphatic carbocycles. The molecule has 13 heteroatoms. The first-order valence-corrected chi connectivity index (χ1v) is 15.3. The number of hydrogen-bond acceptors (Lipinski definition) is 7. The predicted molar refractivity (Wildman–Crippen MR) is 156 cm³/mol. The first-order valence-electron chi connectivity index (χ1n) is 13.8. The van der Waals surface area contributed by atoms with Crippen LogP contribution < -0.4 is 10.1 Å². The number of rotatable bonds is 11. The highest BCUT2D eigenvalue weighted by Crippen LogP contribution is 2.32. The van der Waals surface area contributed by atoms with Crippen molar-refractivity contribution in [2.24, 2.45) is 0 Å². The highest BCUT2D eigenvalue weighted by atomic mass is 32.2. The summed E-state index contributed by atoms with van der Waals surface area (Å²) < 4.78 is 78.2. The van der Waals surface area contributed by atoms with E-state index < -0.39 is 39.7 Å². The number of nitrogens with zero attached hydrogens (tertiary/aromatic N) is 2. The number of aliphatic carboxylic acids is 1. The van der Waals surface area contributed by atoms with Gasteiger partial charge in [0.25, 0.3) is 0 Å². The van der Waals surface area contributed by atoms with Gasteiger partial charge < -0.3 is 19.6 Å². The van der Waals surface area contributed by atoms with E-state index >= 15 is 0 Å². The molecule has 0 radical (unpaired) electrons. The van der Waals surface area contributed by atoms with Gasteiger partial charge in [-0.25, -0.2) is 13.4 Å². The van der Waals surface area contributed by atoms with Crippen LogP contribution in [0.15, 0.2) is 77.2 Å². The average molecular weight is 630 g/mol. The zero-order valence-electron chi connectivity index (χ0n) is 23.7. The van der Waals surface area contributed by atoms with E-state index in [-0.39, 0.29) is 19.0 Å². The van der Waals surface area contributed by atoms with Crippen molar-refractivity contribution in [3.63, 3.8) is 0 Å². The number of halogens is 3. The smallest absolute Gasteiger partial charge is 0.416 e. The molecule has 4 aromatic rings. The molecule has 5 rings (SSSR count). The predicted octanol–water partition coefficient (Wildman–Crippen LogP) is 5.89. The molecular formula is C31H30F3N3O6S. The third kappa shape index (κ3) is 7.22. The second-order valence-corrected chi connectivity index (χ2v) is 12.5. The number of alkyl halides is 3. The van der Waals surface area contributed by atoms with Gasteiger partial charge in [-0.2, -0.15) is 17.5 Å². The first kappa shape index (κ1) is 31.1. The van der Waals surface area contributed by atoms with Crippen molar-refractivity contribution >= 4 is 21.7 Å². The molecule has 1 unspecified atom stereocenters. The van der Waals surface area contributed by atoms with Gasteiger partial charge in [-0.05, 0) is 73.4 Å². The van der Waals surface area contributed by atoms with E-state index in [2.05, 4.69) is 10.3 Å². The van der Waals surface area contributed by atoms with Gasteiger partial charge >= 0.3 is 12.1 Å². The van der Waals surface area contributed by atoms with E-state index in [1.165, 1.54) is 12.1 Å². The van der Waals surface area contributed by atoms with Crippen LogP contribution >= 0.6 is 0 Å². The van der Waals surface area contributed by atoms with Crippen LogP contribution in [-0.2, 0) is 40.4 Å². The SMILES string of the molecule is Cc1oc(-c2ccc(C(F)(F)F)cc2)nc1CCOc1cccc(CN(CC(=O)O)S(=O)(=O)C2CCc3ccccc3N2)c1. The lowest BCUT2D eigenvalue weighted by molar-refractivity contribution is -0.138. The fourth-order valence-corrected chi connectivity index (χ4v) is 6.66. The van der Waals surface area contributed by atoms with Gasteiger partial charge in [0, 0.05) is 24.2 Å². The Morgan fingerprint density at radius 2 is 1.86 bits per heavy atom. The van der Waals surface area contributed by atoms with Gasteiger partial charge in [-0.1, -0.05) is 30.3 Å². The molecule has 0 amide bonds. The monoisotopic (exact) mass is 629 g/mol. The van der Waals surface area contributed by atoms with E-state index in [1.807, 2.05) is 18.2 Å². The minimum Gasteiger partial charge on any atom is -0.493 e. The highest BCUT2D eigenvalue weighted by molar-refractivity contribution is 7.89. The van der Waals surface area contributed by atoms with Gasteiger partial charge in [0.05, 0.1) is 17.9 Å². The van der Waals surface area contributed by atoms with Crippen molar-refractivity contribution in [3.8, 4) is 17.2 Å². The number of aryl methyl sites for hydroxylation is 2. The third-order valence-electron chi connectivity index (χ3n) is 7.26. The summed E-state index contributed by atoms with van der Waals surface area (Å²) in [4.78, 5) is 16.0. The summed E-state index contributed by atoms with van der Waals surface area (Å²) in [6, 6.07) is 18.7. The Labute approximate surface area is 252 Å². The number of ether oxygens (including phenoxy) is 1. The molecule has 1 aliphatic heterocycles. The molecular weight excluding hydrogens is 599 g/mol. The number of benzene rings is 3. The lowest BCUT2D eigenvalue weighted by atomic mass is 10.0. The average Bonchev–Trinajstić information content (AvgIpc) is 3.36. The summed E-state index contributed by atoms with van der Waals surface area (Å²) >= 11 is 0. The molecule has 232 valence electrons. The van der Waals surface area contributed by atoms with Crippen LogP contribution in [0, 0.1) is 6.92 Å². The van der Waals surface area contributed by atoms with Gasteiger partial charge in [-0.3, -0.25) is 4.79 Å². The molecule has 0 fully saturated rings. The normalized spacial score (nSPS) is 15.1. The van der Waals surface area contributed by atoms with E-state index in [4.69, 9.17) is 9.15 Å². The van der Waals surface area contributed by atoms with Gasteiger partial charge in [-0.15, -0.1) is 0 Å². The second kappa shape index (κ2) is 12.7. The molecule has 0 bridgehead atoms. The summed E-state index contributed by atoms with van der Waals surface area (Å²) in [6.45, 7) is 1.03. The van der Waals surface area contributed by atoms with Crippen molar-refractivity contribution in [2.75, 3.05) is 18.5 Å². The minimum atomic E-state index is -4.44. The van der Waals surface area contributed by atoms with Gasteiger partial charge in [0.2, 0.25) is 15.9 Å². The number of oxazole rings is 1. The molecule has 2 heterocycles. The molecule has 0 spiro atoms. The molecule has 2 N–H and O–H groups in total. The number of fused-ring (bicyclic) bond motifs is 1. The van der Waals surface area contributed by atoms with Crippen LogP contribution in [-0.4, -0.2) is 47.3 Å². The summed E-state index contributed by atoms with van der Waals surface area (Å²) in [5.74, 6) is -0.116. The lowest BCUT2D eigenvalue weighted by Crippen LogP contribution is -2.45. The first-order chi connectivity index (χ1) is 20.9. The Balaban J connectivity index is 1.23. The molecule has 0 saturated carbocycles. The zero-order chi connectivity index (χ0) is 31.5. The van der Waals surface area contributed by atoms with E-state index in [1.54, 1.807) is 37.3 Å². The summed E-state index contributed by atoms with van der Waals surface area (Å²) in [7, 11) is -4.03. The van der Waals surface area contributed by atoms with E-state index in [9.17, 15) is 31.5 Å². The summed E-state index contributed by atoms with van der Waals surface area (Å²) in [5.41, 5.74) is 2.49. The Hall–Kier alpha value is -4.36. The number of sulfonamides is 1. The molecule has 0 saturated heterocycles. The van der Waals surface area contributed by atoms with Crippen LogP contribution in [0.3, 0.4) is 0 Å². The van der Waals surface area contributed by atoms with Crippen LogP contribution in [0.5, 0.6) is 5.75 Å². The van der Waals surface area contributed by atoms with Crippen LogP contribution in [0.2, 0.25) is 0 Å². The molecule has 44 heavy (non-hydrogen) atoms. The van der Waals surface area contributed by atoms with Crippen molar-refractivity contribution in [2.45, 2.75) is 44.3 Å². The molecule has 1 atom stereocenters. The minimum absolute atomic E-state index is 0.162. The van der Waals surface area contributed by atoms with Crippen molar-refractivity contribution < 1.29 is 40.6 Å². The van der Waals surface area contributed by atoms with Crippen LogP contribution in [0.1, 0.15) is 34.6 Å².